The van der Waals surface area contributed by atoms with Crippen LogP contribution in [0.4, 0.5) is 17.6 Å². The van der Waals surface area contributed by atoms with E-state index < -0.39 is 24.5 Å². The van der Waals surface area contributed by atoms with E-state index in [0.29, 0.717) is 3.57 Å². The quantitative estimate of drug-likeness (QED) is 0.477. The third-order valence-corrected chi connectivity index (χ3v) is 2.87. The van der Waals surface area contributed by atoms with E-state index in [1.807, 2.05) is 0 Å². The molecule has 0 atom stereocenters. The highest BCUT2D eigenvalue weighted by Crippen LogP contribution is 2.14. The van der Waals surface area contributed by atoms with Crippen LogP contribution in [0.2, 0.25) is 0 Å². The first-order chi connectivity index (χ1) is 8.79. The Balaban J connectivity index is 2.36. The van der Waals surface area contributed by atoms with E-state index in [9.17, 15) is 22.4 Å². The second-order valence-electron chi connectivity index (χ2n) is 3.55. The topological polar surface area (TPSA) is 38.3 Å². The van der Waals surface area contributed by atoms with Crippen LogP contribution in [0, 0.1) is 9.39 Å². The first-order valence-corrected chi connectivity index (χ1v) is 6.25. The molecule has 3 nitrogen and oxygen atoms in total. The number of ether oxygens (including phenoxy) is 1. The predicted molar refractivity (Wildman–Crippen MR) is 68.3 cm³/mol. The molecule has 0 unspecified atom stereocenters. The number of nitrogens with one attached hydrogen (secondary N) is 1. The average Bonchev–Trinajstić information content (AvgIpc) is 2.26. The second-order valence-corrected chi connectivity index (χ2v) is 4.71. The Hall–Kier alpha value is -0.900. The lowest BCUT2D eigenvalue weighted by molar-refractivity contribution is -0.173. The third-order valence-electron chi connectivity index (χ3n) is 1.97. The molecule has 1 aromatic carbocycles. The van der Waals surface area contributed by atoms with E-state index in [1.54, 1.807) is 22.6 Å². The Morgan fingerprint density at radius 2 is 2.05 bits per heavy atom. The van der Waals surface area contributed by atoms with Crippen molar-refractivity contribution in [3.63, 3.8) is 0 Å². The molecule has 0 aliphatic heterocycles. The van der Waals surface area contributed by atoms with Crippen LogP contribution < -0.4 is 5.32 Å². The normalized spacial score (nSPS) is 11.4. The number of amides is 1. The molecule has 0 aliphatic carbocycles. The number of halogens is 5. The maximum Gasteiger partial charge on any atom is 0.411 e. The van der Waals surface area contributed by atoms with E-state index in [4.69, 9.17) is 0 Å². The van der Waals surface area contributed by atoms with Crippen molar-refractivity contribution in [3.05, 3.63) is 33.1 Å². The highest BCUT2D eigenvalue weighted by atomic mass is 127. The lowest BCUT2D eigenvalue weighted by atomic mass is 10.2. The van der Waals surface area contributed by atoms with Gasteiger partial charge in [-0.2, -0.15) is 13.2 Å². The number of carbonyl (C=O) groups excluding carboxylic acids is 1. The lowest BCUT2D eigenvalue weighted by Crippen LogP contribution is -2.29. The van der Waals surface area contributed by atoms with Gasteiger partial charge in [0.15, 0.2) is 0 Å². The Morgan fingerprint density at radius 3 is 2.63 bits per heavy atom. The first kappa shape index (κ1) is 16.2. The molecule has 0 fully saturated rings. The highest BCUT2D eigenvalue weighted by molar-refractivity contribution is 14.1. The molecule has 8 heteroatoms. The van der Waals surface area contributed by atoms with E-state index in [0.717, 1.165) is 6.07 Å². The Bertz CT molecular complexity index is 451. The van der Waals surface area contributed by atoms with Gasteiger partial charge in [0.05, 0.1) is 12.2 Å². The summed E-state index contributed by atoms with van der Waals surface area (Å²) in [5, 5.41) is 2.39. The summed E-state index contributed by atoms with van der Waals surface area (Å²) >= 11 is 1.80. The van der Waals surface area contributed by atoms with Crippen molar-refractivity contribution >= 4 is 28.5 Å². The van der Waals surface area contributed by atoms with Gasteiger partial charge >= 0.3 is 6.18 Å². The molecule has 1 rings (SSSR count). The van der Waals surface area contributed by atoms with Crippen LogP contribution in [-0.4, -0.2) is 31.8 Å². The van der Waals surface area contributed by atoms with Crippen LogP contribution in [0.1, 0.15) is 10.4 Å². The zero-order chi connectivity index (χ0) is 14.5. The molecule has 0 aromatic heterocycles. The van der Waals surface area contributed by atoms with E-state index in [2.05, 4.69) is 10.1 Å². The number of hydrogen-bond acceptors (Lipinski definition) is 2. The molecule has 0 saturated heterocycles. The maximum absolute atomic E-state index is 12.8. The number of benzene rings is 1. The van der Waals surface area contributed by atoms with Gasteiger partial charge in [0.1, 0.15) is 12.4 Å². The van der Waals surface area contributed by atoms with Crippen LogP contribution in [0.3, 0.4) is 0 Å². The summed E-state index contributed by atoms with van der Waals surface area (Å²) in [6.45, 7) is -1.65. The Morgan fingerprint density at radius 1 is 1.37 bits per heavy atom. The largest absolute Gasteiger partial charge is 0.411 e. The van der Waals surface area contributed by atoms with Gasteiger partial charge in [-0.15, -0.1) is 0 Å². The van der Waals surface area contributed by atoms with Crippen LogP contribution in [0.25, 0.3) is 0 Å². The maximum atomic E-state index is 12.8. The Labute approximate surface area is 120 Å². The minimum Gasteiger partial charge on any atom is -0.370 e. The van der Waals surface area contributed by atoms with Crippen LogP contribution >= 0.6 is 22.6 Å². The van der Waals surface area contributed by atoms with Crippen molar-refractivity contribution in [2.24, 2.45) is 0 Å². The molecule has 0 bridgehead atoms. The first-order valence-electron chi connectivity index (χ1n) is 5.17. The number of hydrogen-bond donors (Lipinski definition) is 1. The van der Waals surface area contributed by atoms with Crippen LogP contribution in [0.15, 0.2) is 18.2 Å². The number of rotatable bonds is 5. The van der Waals surface area contributed by atoms with Crippen molar-refractivity contribution in [2.45, 2.75) is 6.18 Å². The van der Waals surface area contributed by atoms with Crippen molar-refractivity contribution in [2.75, 3.05) is 19.8 Å². The SMILES string of the molecule is O=C(NCCOCC(F)(F)F)c1ccc(F)cc1I. The molecule has 1 amide bonds. The van der Waals surface area contributed by atoms with Gasteiger partial charge in [0.2, 0.25) is 0 Å². The summed E-state index contributed by atoms with van der Waals surface area (Å²) in [5.74, 6) is -0.950. The zero-order valence-corrected chi connectivity index (χ0v) is 11.7. The fourth-order valence-corrected chi connectivity index (χ4v) is 1.92. The van der Waals surface area contributed by atoms with Crippen LogP contribution in [0.5, 0.6) is 0 Å². The van der Waals surface area contributed by atoms with E-state index in [-0.39, 0.29) is 18.7 Å². The third kappa shape index (κ3) is 6.19. The fraction of sp³-hybridized carbons (Fsp3) is 0.364. The minimum atomic E-state index is -4.38. The smallest absolute Gasteiger partial charge is 0.370 e. The minimum absolute atomic E-state index is 0.0532. The van der Waals surface area contributed by atoms with Crippen molar-refractivity contribution in [1.29, 1.82) is 0 Å². The van der Waals surface area contributed by atoms with Gasteiger partial charge < -0.3 is 10.1 Å². The predicted octanol–water partition coefficient (Wildman–Crippen LogP) is 2.74. The highest BCUT2D eigenvalue weighted by Gasteiger charge is 2.27. The van der Waals surface area contributed by atoms with Gasteiger partial charge in [-0.25, -0.2) is 4.39 Å². The van der Waals surface area contributed by atoms with Gasteiger partial charge in [-0.1, -0.05) is 0 Å². The average molecular weight is 391 g/mol. The molecule has 1 aromatic rings. The fourth-order valence-electron chi connectivity index (χ4n) is 1.19. The monoisotopic (exact) mass is 391 g/mol. The summed E-state index contributed by atoms with van der Waals surface area (Å²) in [4.78, 5) is 11.6. The van der Waals surface area contributed by atoms with Crippen molar-refractivity contribution in [3.8, 4) is 0 Å². The molecule has 0 heterocycles. The van der Waals surface area contributed by atoms with Gasteiger partial charge in [0, 0.05) is 10.1 Å². The van der Waals surface area contributed by atoms with E-state index >= 15 is 0 Å². The Kier molecular flexibility index (Phi) is 5.98. The standard InChI is InChI=1S/C11H10F4INO2/c12-7-1-2-8(9(16)5-7)10(18)17-3-4-19-6-11(13,14)15/h1-2,5H,3-4,6H2,(H,17,18). The molecule has 0 saturated carbocycles. The van der Waals surface area contributed by atoms with Crippen molar-refractivity contribution in [1.82, 2.24) is 5.32 Å². The van der Waals surface area contributed by atoms with Gasteiger partial charge in [-0.3, -0.25) is 4.79 Å². The zero-order valence-electron chi connectivity index (χ0n) is 9.56. The second kappa shape index (κ2) is 7.04. The molecule has 1 N–H and O–H groups in total. The molecule has 106 valence electrons. The summed E-state index contributed by atoms with van der Waals surface area (Å²) in [6.07, 6.45) is -4.38. The van der Waals surface area contributed by atoms with Crippen LogP contribution in [-0.2, 0) is 4.74 Å². The van der Waals surface area contributed by atoms with Crippen molar-refractivity contribution < 1.29 is 27.1 Å². The summed E-state index contributed by atoms with van der Waals surface area (Å²) < 4.78 is 52.8. The number of alkyl halides is 3. The number of carbonyl (C=O) groups is 1. The molecular weight excluding hydrogens is 381 g/mol. The molecular formula is C11H10F4INO2. The molecule has 0 radical (unpaired) electrons. The van der Waals surface area contributed by atoms with Gasteiger partial charge in [-0.05, 0) is 40.8 Å². The van der Waals surface area contributed by atoms with E-state index in [1.165, 1.54) is 12.1 Å². The summed E-state index contributed by atoms with van der Waals surface area (Å²) in [6, 6.07) is 3.63. The molecule has 0 aliphatic rings. The lowest BCUT2D eigenvalue weighted by Gasteiger charge is -2.09. The molecule has 0 spiro atoms. The molecule has 19 heavy (non-hydrogen) atoms. The summed E-state index contributed by atoms with van der Waals surface area (Å²) in [5.41, 5.74) is 0.262. The summed E-state index contributed by atoms with van der Waals surface area (Å²) in [7, 11) is 0. The van der Waals surface area contributed by atoms with Gasteiger partial charge in [0.25, 0.3) is 5.91 Å².